The van der Waals surface area contributed by atoms with E-state index in [1.165, 1.54) is 18.1 Å². The number of nitrogen functional groups attached to an aromatic ring is 1. The Balaban J connectivity index is 2.20. The van der Waals surface area contributed by atoms with Gasteiger partial charge in [0.2, 0.25) is 0 Å². The average Bonchev–Trinajstić information content (AvgIpc) is 2.36. The van der Waals surface area contributed by atoms with Crippen LogP contribution in [-0.2, 0) is 6.61 Å². The number of rotatable bonds is 4. The van der Waals surface area contributed by atoms with E-state index >= 15 is 0 Å². The lowest BCUT2D eigenvalue weighted by molar-refractivity contribution is 0.101. The molecule has 0 spiro atoms. The minimum absolute atomic E-state index is 0.0484. The second kappa shape index (κ2) is 5.78. The Labute approximate surface area is 119 Å². The Kier molecular flexibility index (Phi) is 4.08. The molecule has 0 atom stereocenters. The SMILES string of the molecule is CC(=O)c1cc(N)ccc1OCc1cc(C)cc(C)c1. The number of hydrogen-bond acceptors (Lipinski definition) is 3. The van der Waals surface area contributed by atoms with Crippen LogP contribution in [-0.4, -0.2) is 5.78 Å². The second-order valence-electron chi connectivity index (χ2n) is 5.10. The van der Waals surface area contributed by atoms with Crippen LogP contribution in [0.3, 0.4) is 0 Å². The van der Waals surface area contributed by atoms with E-state index in [9.17, 15) is 4.79 Å². The number of aryl methyl sites for hydroxylation is 2. The van der Waals surface area contributed by atoms with Crippen molar-refractivity contribution in [1.82, 2.24) is 0 Å². The summed E-state index contributed by atoms with van der Waals surface area (Å²) in [5.74, 6) is 0.526. The molecule has 3 heteroatoms. The first-order valence-corrected chi connectivity index (χ1v) is 6.56. The van der Waals surface area contributed by atoms with E-state index in [0.717, 1.165) is 5.56 Å². The normalized spacial score (nSPS) is 10.3. The number of ether oxygens (including phenoxy) is 1. The van der Waals surface area contributed by atoms with E-state index in [1.807, 2.05) is 0 Å². The third-order valence-electron chi connectivity index (χ3n) is 3.06. The van der Waals surface area contributed by atoms with Crippen molar-refractivity contribution < 1.29 is 9.53 Å². The molecule has 20 heavy (non-hydrogen) atoms. The van der Waals surface area contributed by atoms with Gasteiger partial charge in [0, 0.05) is 5.69 Å². The van der Waals surface area contributed by atoms with E-state index in [0.29, 0.717) is 23.6 Å². The summed E-state index contributed by atoms with van der Waals surface area (Å²) in [6.45, 7) is 6.06. The Hall–Kier alpha value is -2.29. The summed E-state index contributed by atoms with van der Waals surface area (Å²) in [5.41, 5.74) is 10.3. The predicted octanol–water partition coefficient (Wildman–Crippen LogP) is 3.67. The third-order valence-corrected chi connectivity index (χ3v) is 3.06. The van der Waals surface area contributed by atoms with Gasteiger partial charge in [-0.3, -0.25) is 4.79 Å². The molecular weight excluding hydrogens is 250 g/mol. The third kappa shape index (κ3) is 3.38. The van der Waals surface area contributed by atoms with E-state index < -0.39 is 0 Å². The maximum atomic E-state index is 11.6. The highest BCUT2D eigenvalue weighted by Crippen LogP contribution is 2.23. The molecule has 0 radical (unpaired) electrons. The fraction of sp³-hybridized carbons (Fsp3) is 0.235. The zero-order valence-corrected chi connectivity index (χ0v) is 12.1. The van der Waals surface area contributed by atoms with Crippen LogP contribution in [0.4, 0.5) is 5.69 Å². The molecule has 0 saturated heterocycles. The van der Waals surface area contributed by atoms with E-state index in [1.54, 1.807) is 18.2 Å². The lowest BCUT2D eigenvalue weighted by Crippen LogP contribution is -2.03. The van der Waals surface area contributed by atoms with E-state index in [4.69, 9.17) is 10.5 Å². The number of carbonyl (C=O) groups excluding carboxylic acids is 1. The number of benzene rings is 2. The molecule has 2 rings (SSSR count). The van der Waals surface area contributed by atoms with Gasteiger partial charge in [-0.1, -0.05) is 29.3 Å². The largest absolute Gasteiger partial charge is 0.488 e. The predicted molar refractivity (Wildman–Crippen MR) is 81.1 cm³/mol. The van der Waals surface area contributed by atoms with Crippen LogP contribution in [0.15, 0.2) is 36.4 Å². The topological polar surface area (TPSA) is 52.3 Å². The summed E-state index contributed by atoms with van der Waals surface area (Å²) in [4.78, 5) is 11.6. The Morgan fingerprint density at radius 2 is 1.75 bits per heavy atom. The van der Waals surface area contributed by atoms with Crippen molar-refractivity contribution in [2.24, 2.45) is 0 Å². The zero-order chi connectivity index (χ0) is 14.7. The molecule has 2 aromatic rings. The molecule has 0 aliphatic heterocycles. The van der Waals surface area contributed by atoms with Gasteiger partial charge in [0.05, 0.1) is 5.56 Å². The second-order valence-corrected chi connectivity index (χ2v) is 5.10. The molecule has 0 heterocycles. The number of hydrogen-bond donors (Lipinski definition) is 1. The summed E-state index contributed by atoms with van der Waals surface area (Å²) in [6.07, 6.45) is 0. The first-order valence-electron chi connectivity index (χ1n) is 6.56. The molecule has 0 fully saturated rings. The zero-order valence-electron chi connectivity index (χ0n) is 12.1. The van der Waals surface area contributed by atoms with Crippen molar-refractivity contribution in [3.05, 3.63) is 58.7 Å². The number of carbonyl (C=O) groups is 1. The molecule has 0 aromatic heterocycles. The van der Waals surface area contributed by atoms with Gasteiger partial charge in [-0.15, -0.1) is 0 Å². The number of Topliss-reactive ketones (excluding diaryl/α,β-unsaturated/α-hetero) is 1. The molecule has 0 saturated carbocycles. The van der Waals surface area contributed by atoms with Gasteiger partial charge in [-0.05, 0) is 44.5 Å². The highest BCUT2D eigenvalue weighted by atomic mass is 16.5. The van der Waals surface area contributed by atoms with Crippen molar-refractivity contribution in [2.45, 2.75) is 27.4 Å². The molecule has 0 aliphatic carbocycles. The quantitative estimate of drug-likeness (QED) is 0.680. The fourth-order valence-electron chi connectivity index (χ4n) is 2.26. The van der Waals surface area contributed by atoms with Crippen LogP contribution in [0, 0.1) is 13.8 Å². The number of ketones is 1. The Bertz CT molecular complexity index is 627. The van der Waals surface area contributed by atoms with Crippen LogP contribution in [0.2, 0.25) is 0 Å². The van der Waals surface area contributed by atoms with Gasteiger partial charge in [0.25, 0.3) is 0 Å². The molecule has 104 valence electrons. The molecule has 0 unspecified atom stereocenters. The monoisotopic (exact) mass is 269 g/mol. The number of anilines is 1. The molecule has 2 N–H and O–H groups in total. The van der Waals surface area contributed by atoms with Crippen LogP contribution < -0.4 is 10.5 Å². The van der Waals surface area contributed by atoms with Gasteiger partial charge >= 0.3 is 0 Å². The molecule has 0 amide bonds. The Morgan fingerprint density at radius 1 is 1.10 bits per heavy atom. The first kappa shape index (κ1) is 14.1. The van der Waals surface area contributed by atoms with Gasteiger partial charge in [0.1, 0.15) is 12.4 Å². The molecule has 2 aromatic carbocycles. The summed E-state index contributed by atoms with van der Waals surface area (Å²) in [5, 5.41) is 0. The summed E-state index contributed by atoms with van der Waals surface area (Å²) < 4.78 is 5.77. The molecule has 3 nitrogen and oxygen atoms in total. The molecule has 0 bridgehead atoms. The van der Waals surface area contributed by atoms with E-state index in [-0.39, 0.29) is 5.78 Å². The van der Waals surface area contributed by atoms with Crippen LogP contribution in [0.5, 0.6) is 5.75 Å². The van der Waals surface area contributed by atoms with Gasteiger partial charge in [0.15, 0.2) is 5.78 Å². The van der Waals surface area contributed by atoms with Crippen molar-refractivity contribution >= 4 is 11.5 Å². The lowest BCUT2D eigenvalue weighted by Gasteiger charge is -2.11. The average molecular weight is 269 g/mol. The summed E-state index contributed by atoms with van der Waals surface area (Å²) in [6, 6.07) is 11.4. The lowest BCUT2D eigenvalue weighted by atomic mass is 10.1. The smallest absolute Gasteiger partial charge is 0.163 e. The van der Waals surface area contributed by atoms with Gasteiger partial charge in [-0.25, -0.2) is 0 Å². The first-order chi connectivity index (χ1) is 9.45. The molecular formula is C17H19NO2. The van der Waals surface area contributed by atoms with Crippen LogP contribution in [0.1, 0.15) is 34.0 Å². The summed E-state index contributed by atoms with van der Waals surface area (Å²) >= 11 is 0. The number of nitrogens with two attached hydrogens (primary N) is 1. The standard InChI is InChI=1S/C17H19NO2/c1-11-6-12(2)8-14(7-11)10-20-17-5-4-15(18)9-16(17)13(3)19/h4-9H,10,18H2,1-3H3. The van der Waals surface area contributed by atoms with Crippen molar-refractivity contribution in [1.29, 1.82) is 0 Å². The fourth-order valence-corrected chi connectivity index (χ4v) is 2.26. The summed E-state index contributed by atoms with van der Waals surface area (Å²) in [7, 11) is 0. The van der Waals surface area contributed by atoms with Gasteiger partial charge in [-0.2, -0.15) is 0 Å². The Morgan fingerprint density at radius 3 is 2.35 bits per heavy atom. The maximum absolute atomic E-state index is 11.6. The highest BCUT2D eigenvalue weighted by molar-refractivity contribution is 5.97. The molecule has 0 aliphatic rings. The van der Waals surface area contributed by atoms with Crippen molar-refractivity contribution in [3.8, 4) is 5.75 Å². The van der Waals surface area contributed by atoms with E-state index in [2.05, 4.69) is 32.0 Å². The highest BCUT2D eigenvalue weighted by Gasteiger charge is 2.09. The maximum Gasteiger partial charge on any atom is 0.163 e. The van der Waals surface area contributed by atoms with Crippen LogP contribution in [0.25, 0.3) is 0 Å². The minimum Gasteiger partial charge on any atom is -0.488 e. The van der Waals surface area contributed by atoms with Gasteiger partial charge < -0.3 is 10.5 Å². The van der Waals surface area contributed by atoms with Crippen LogP contribution >= 0.6 is 0 Å². The van der Waals surface area contributed by atoms with Crippen molar-refractivity contribution in [3.63, 3.8) is 0 Å². The van der Waals surface area contributed by atoms with Crippen molar-refractivity contribution in [2.75, 3.05) is 5.73 Å². The minimum atomic E-state index is -0.0484.